The first kappa shape index (κ1) is 14.0. The second kappa shape index (κ2) is 5.22. The van der Waals surface area contributed by atoms with Gasteiger partial charge in [0.25, 0.3) is 0 Å². The summed E-state index contributed by atoms with van der Waals surface area (Å²) >= 11 is 0. The number of rotatable bonds is 2. The molecule has 1 fully saturated rings. The molecule has 0 radical (unpaired) electrons. The zero-order valence-electron chi connectivity index (χ0n) is 13.1. The number of amides is 1. The summed E-state index contributed by atoms with van der Waals surface area (Å²) in [6.07, 6.45) is 2.42. The zero-order chi connectivity index (χ0) is 16.0. The molecule has 3 aromatic rings. The summed E-state index contributed by atoms with van der Waals surface area (Å²) in [5, 5.41) is 7.01. The molecule has 0 bridgehead atoms. The fourth-order valence-electron chi connectivity index (χ4n) is 3.25. The van der Waals surface area contributed by atoms with E-state index >= 15 is 0 Å². The normalized spacial score (nSPS) is 18.3. The van der Waals surface area contributed by atoms with Crippen LogP contribution in [0, 0.1) is 13.8 Å². The number of aromatic amines is 1. The van der Waals surface area contributed by atoms with Gasteiger partial charge in [0.2, 0.25) is 5.91 Å². The lowest BCUT2D eigenvalue weighted by Crippen LogP contribution is -2.32. The number of piperidine rings is 1. The summed E-state index contributed by atoms with van der Waals surface area (Å²) in [5.41, 5.74) is 4.78. The van der Waals surface area contributed by atoms with Crippen molar-refractivity contribution in [3.8, 4) is 11.1 Å². The van der Waals surface area contributed by atoms with E-state index in [0.29, 0.717) is 6.42 Å². The van der Waals surface area contributed by atoms with Crippen LogP contribution < -0.4 is 5.32 Å². The number of aromatic nitrogens is 3. The van der Waals surface area contributed by atoms with Gasteiger partial charge in [-0.3, -0.25) is 4.79 Å². The number of imidazole rings is 1. The average molecular weight is 310 g/mol. The first-order valence-corrected chi connectivity index (χ1v) is 7.84. The van der Waals surface area contributed by atoms with Gasteiger partial charge in [-0.05, 0) is 44.4 Å². The lowest BCUT2D eigenvalue weighted by atomic mass is 10.0. The minimum atomic E-state index is -0.0221. The number of fused-ring (bicyclic) bond motifs is 1. The Hall–Kier alpha value is -2.63. The zero-order valence-corrected chi connectivity index (χ0v) is 13.1. The van der Waals surface area contributed by atoms with E-state index in [2.05, 4.69) is 20.4 Å². The van der Waals surface area contributed by atoms with E-state index in [1.165, 1.54) is 0 Å². The van der Waals surface area contributed by atoms with E-state index in [4.69, 9.17) is 4.52 Å². The summed E-state index contributed by atoms with van der Waals surface area (Å²) in [4.78, 5) is 19.6. The summed E-state index contributed by atoms with van der Waals surface area (Å²) < 4.78 is 5.25. The SMILES string of the molecule is Cc1noc(C)c1-c1ccc2[nH]c([C@@H]3CCCC(=O)N3)nc2c1. The van der Waals surface area contributed by atoms with Crippen molar-refractivity contribution in [3.05, 3.63) is 35.5 Å². The van der Waals surface area contributed by atoms with Crippen LogP contribution in [0.5, 0.6) is 0 Å². The molecule has 6 heteroatoms. The standard InChI is InChI=1S/C17H18N4O2/c1-9-16(10(2)23-21-9)11-6-7-12-14(8-11)20-17(19-12)13-4-3-5-15(22)18-13/h6-8,13H,3-5H2,1-2H3,(H,18,22)(H,19,20)/t13-/m0/s1. The summed E-state index contributed by atoms with van der Waals surface area (Å²) in [6, 6.07) is 6.06. The summed E-state index contributed by atoms with van der Waals surface area (Å²) in [5.74, 6) is 1.72. The van der Waals surface area contributed by atoms with Gasteiger partial charge >= 0.3 is 0 Å². The maximum Gasteiger partial charge on any atom is 0.220 e. The Morgan fingerprint density at radius 2 is 2.17 bits per heavy atom. The molecule has 6 nitrogen and oxygen atoms in total. The smallest absolute Gasteiger partial charge is 0.220 e. The molecular formula is C17H18N4O2. The van der Waals surface area contributed by atoms with Crippen LogP contribution in [0.3, 0.4) is 0 Å². The average Bonchev–Trinajstić information content (AvgIpc) is 3.10. The van der Waals surface area contributed by atoms with Crippen LogP contribution in [0.15, 0.2) is 22.7 Å². The fraction of sp³-hybridized carbons (Fsp3) is 0.353. The molecule has 0 saturated carbocycles. The van der Waals surface area contributed by atoms with Crippen molar-refractivity contribution in [2.75, 3.05) is 0 Å². The maximum absolute atomic E-state index is 11.6. The van der Waals surface area contributed by atoms with Crippen LogP contribution >= 0.6 is 0 Å². The largest absolute Gasteiger partial charge is 0.361 e. The Labute approximate surface area is 133 Å². The minimum absolute atomic E-state index is 0.0221. The Morgan fingerprint density at radius 3 is 2.91 bits per heavy atom. The van der Waals surface area contributed by atoms with Crippen molar-refractivity contribution in [1.29, 1.82) is 0 Å². The third-order valence-corrected chi connectivity index (χ3v) is 4.39. The molecule has 1 atom stereocenters. The van der Waals surface area contributed by atoms with Crippen molar-refractivity contribution in [3.63, 3.8) is 0 Å². The quantitative estimate of drug-likeness (QED) is 0.761. The number of carbonyl (C=O) groups is 1. The van der Waals surface area contributed by atoms with Crippen molar-refractivity contribution in [1.82, 2.24) is 20.4 Å². The first-order chi connectivity index (χ1) is 11.1. The molecule has 1 amide bonds. The van der Waals surface area contributed by atoms with Gasteiger partial charge in [0, 0.05) is 12.0 Å². The molecule has 0 unspecified atom stereocenters. The van der Waals surface area contributed by atoms with E-state index in [-0.39, 0.29) is 11.9 Å². The Kier molecular flexibility index (Phi) is 3.18. The van der Waals surface area contributed by atoms with Crippen LogP contribution in [0.1, 0.15) is 42.6 Å². The minimum Gasteiger partial charge on any atom is -0.361 e. The summed E-state index contributed by atoms with van der Waals surface area (Å²) in [7, 11) is 0. The molecule has 1 saturated heterocycles. The van der Waals surface area contributed by atoms with Crippen molar-refractivity contribution < 1.29 is 9.32 Å². The van der Waals surface area contributed by atoms with Crippen molar-refractivity contribution in [2.45, 2.75) is 39.2 Å². The van der Waals surface area contributed by atoms with Gasteiger partial charge in [0.1, 0.15) is 11.6 Å². The van der Waals surface area contributed by atoms with Crippen molar-refractivity contribution >= 4 is 16.9 Å². The van der Waals surface area contributed by atoms with Crippen LogP contribution in [-0.2, 0) is 4.79 Å². The molecule has 2 aromatic heterocycles. The highest BCUT2D eigenvalue weighted by molar-refractivity contribution is 5.83. The molecule has 2 N–H and O–H groups in total. The van der Waals surface area contributed by atoms with Gasteiger partial charge < -0.3 is 14.8 Å². The van der Waals surface area contributed by atoms with Crippen LogP contribution in [0.25, 0.3) is 22.2 Å². The lowest BCUT2D eigenvalue weighted by molar-refractivity contribution is -0.123. The lowest BCUT2D eigenvalue weighted by Gasteiger charge is -2.20. The number of nitrogens with zero attached hydrogens (tertiary/aromatic N) is 2. The number of hydrogen-bond donors (Lipinski definition) is 2. The van der Waals surface area contributed by atoms with E-state index in [1.54, 1.807) is 0 Å². The third kappa shape index (κ3) is 2.40. The first-order valence-electron chi connectivity index (χ1n) is 7.84. The molecule has 3 heterocycles. The Bertz CT molecular complexity index is 874. The topological polar surface area (TPSA) is 83.8 Å². The highest BCUT2D eigenvalue weighted by Crippen LogP contribution is 2.30. The number of H-pyrrole nitrogens is 1. The molecule has 1 aliphatic heterocycles. The number of carbonyl (C=O) groups excluding carboxylic acids is 1. The van der Waals surface area contributed by atoms with Crippen molar-refractivity contribution in [2.24, 2.45) is 0 Å². The monoisotopic (exact) mass is 310 g/mol. The predicted molar refractivity (Wildman–Crippen MR) is 85.8 cm³/mol. The Balaban J connectivity index is 1.74. The summed E-state index contributed by atoms with van der Waals surface area (Å²) in [6.45, 7) is 3.84. The maximum atomic E-state index is 11.6. The van der Waals surface area contributed by atoms with Gasteiger partial charge in [-0.1, -0.05) is 11.2 Å². The number of hydrogen-bond acceptors (Lipinski definition) is 4. The predicted octanol–water partition coefficient (Wildman–Crippen LogP) is 3.18. The molecule has 0 aliphatic carbocycles. The van der Waals surface area contributed by atoms with Gasteiger partial charge in [0.15, 0.2) is 0 Å². The van der Waals surface area contributed by atoms with Crippen LogP contribution in [0.2, 0.25) is 0 Å². The molecule has 4 rings (SSSR count). The second-order valence-electron chi connectivity index (χ2n) is 6.07. The van der Waals surface area contributed by atoms with E-state index in [9.17, 15) is 4.79 Å². The molecular weight excluding hydrogens is 292 g/mol. The number of nitrogens with one attached hydrogen (secondary N) is 2. The second-order valence-corrected chi connectivity index (χ2v) is 6.07. The van der Waals surface area contributed by atoms with E-state index in [0.717, 1.165) is 52.3 Å². The third-order valence-electron chi connectivity index (χ3n) is 4.39. The van der Waals surface area contributed by atoms with Crippen LogP contribution in [-0.4, -0.2) is 21.0 Å². The van der Waals surface area contributed by atoms with Gasteiger partial charge in [-0.15, -0.1) is 0 Å². The molecule has 0 spiro atoms. The van der Waals surface area contributed by atoms with Crippen LogP contribution in [0.4, 0.5) is 0 Å². The molecule has 1 aromatic carbocycles. The molecule has 1 aliphatic rings. The van der Waals surface area contributed by atoms with Gasteiger partial charge in [-0.25, -0.2) is 4.98 Å². The number of aryl methyl sites for hydroxylation is 2. The number of benzene rings is 1. The van der Waals surface area contributed by atoms with Gasteiger partial charge in [-0.2, -0.15) is 0 Å². The molecule has 118 valence electrons. The van der Waals surface area contributed by atoms with Gasteiger partial charge in [0.05, 0.1) is 22.8 Å². The van der Waals surface area contributed by atoms with E-state index in [1.807, 2.05) is 32.0 Å². The van der Waals surface area contributed by atoms with E-state index < -0.39 is 0 Å². The highest BCUT2D eigenvalue weighted by atomic mass is 16.5. The highest BCUT2D eigenvalue weighted by Gasteiger charge is 2.22. The Morgan fingerprint density at radius 1 is 1.30 bits per heavy atom. The fourth-order valence-corrected chi connectivity index (χ4v) is 3.25. The molecule has 23 heavy (non-hydrogen) atoms.